The lowest BCUT2D eigenvalue weighted by Crippen LogP contribution is -2.26. The number of hydrogen-bond acceptors (Lipinski definition) is 4. The minimum absolute atomic E-state index is 0.151. The lowest BCUT2D eigenvalue weighted by atomic mass is 10.2. The molecule has 0 fully saturated rings. The molecular weight excluding hydrogens is 238 g/mol. The summed E-state index contributed by atoms with van der Waals surface area (Å²) in [7, 11) is 0. The molecule has 1 aliphatic rings. The number of amidine groups is 1. The number of nitrogens with zero attached hydrogens (tertiary/aromatic N) is 2. The number of aliphatic imine (C=N–C) groups is 2. The van der Waals surface area contributed by atoms with Crippen molar-refractivity contribution in [3.8, 4) is 0 Å². The monoisotopic (exact) mass is 251 g/mol. The molecule has 6 heteroatoms. The summed E-state index contributed by atoms with van der Waals surface area (Å²) in [5, 5.41) is 2.92. The van der Waals surface area contributed by atoms with Gasteiger partial charge < -0.3 is 5.32 Å². The molecule has 0 aromatic rings. The van der Waals surface area contributed by atoms with Crippen LogP contribution in [0.2, 0.25) is 0 Å². The fourth-order valence-corrected chi connectivity index (χ4v) is 1.69. The van der Waals surface area contributed by atoms with Crippen LogP contribution in [0, 0.1) is 0 Å². The molecule has 90 valence electrons. The van der Waals surface area contributed by atoms with Crippen molar-refractivity contribution in [3.63, 3.8) is 0 Å². The van der Waals surface area contributed by atoms with Crippen LogP contribution in [0.15, 0.2) is 34.8 Å². The summed E-state index contributed by atoms with van der Waals surface area (Å²) < 4.78 is 0. The third-order valence-corrected chi connectivity index (χ3v) is 2.78. The number of nitrogens with one attached hydrogen (secondary N) is 1. The summed E-state index contributed by atoms with van der Waals surface area (Å²) in [5.41, 5.74) is 0.837. The summed E-state index contributed by atoms with van der Waals surface area (Å²) >= 11 is 1.12. The number of amides is 2. The number of thioether (sulfide) groups is 1. The molecule has 0 atom stereocenters. The Labute approximate surface area is 104 Å². The molecule has 0 saturated carbocycles. The van der Waals surface area contributed by atoms with Gasteiger partial charge in [0.25, 0.3) is 5.91 Å². The van der Waals surface area contributed by atoms with Crippen LogP contribution in [0.3, 0.4) is 0 Å². The largest absolute Gasteiger partial charge is 0.352 e. The molecule has 1 heterocycles. The molecule has 1 aliphatic heterocycles. The van der Waals surface area contributed by atoms with Crippen molar-refractivity contribution in [2.24, 2.45) is 9.98 Å². The maximum atomic E-state index is 11.3. The van der Waals surface area contributed by atoms with Gasteiger partial charge in [-0.25, -0.2) is 4.99 Å². The van der Waals surface area contributed by atoms with Crippen molar-refractivity contribution in [1.29, 1.82) is 0 Å². The van der Waals surface area contributed by atoms with Gasteiger partial charge in [0.2, 0.25) is 5.91 Å². The molecule has 0 aromatic carbocycles. The van der Waals surface area contributed by atoms with Gasteiger partial charge in [-0.2, -0.15) is 4.99 Å². The van der Waals surface area contributed by atoms with Gasteiger partial charge in [-0.3, -0.25) is 9.59 Å². The summed E-state index contributed by atoms with van der Waals surface area (Å²) in [6.45, 7) is 9.16. The quantitative estimate of drug-likeness (QED) is 0.597. The normalized spacial score (nSPS) is 15.1. The zero-order valence-corrected chi connectivity index (χ0v) is 10.3. The van der Waals surface area contributed by atoms with E-state index in [2.05, 4.69) is 28.5 Å². The van der Waals surface area contributed by atoms with E-state index in [1.807, 2.05) is 0 Å². The van der Waals surface area contributed by atoms with E-state index in [-0.39, 0.29) is 11.7 Å². The van der Waals surface area contributed by atoms with Crippen molar-refractivity contribution < 1.29 is 9.59 Å². The van der Waals surface area contributed by atoms with Crippen molar-refractivity contribution in [2.75, 3.05) is 12.3 Å². The van der Waals surface area contributed by atoms with Gasteiger partial charge in [-0.15, -0.1) is 6.58 Å². The fraction of sp³-hybridized carbons (Fsp3) is 0.273. The highest BCUT2D eigenvalue weighted by Crippen LogP contribution is 2.14. The van der Waals surface area contributed by atoms with E-state index in [4.69, 9.17) is 0 Å². The third-order valence-electron chi connectivity index (χ3n) is 1.93. The molecule has 0 bridgehead atoms. The summed E-state index contributed by atoms with van der Waals surface area (Å²) in [6, 6.07) is 0. The maximum absolute atomic E-state index is 11.3. The molecule has 0 saturated heterocycles. The van der Waals surface area contributed by atoms with E-state index in [0.29, 0.717) is 23.0 Å². The maximum Gasteiger partial charge on any atom is 0.280 e. The molecule has 1 rings (SSSR count). The highest BCUT2D eigenvalue weighted by molar-refractivity contribution is 8.14. The van der Waals surface area contributed by atoms with Crippen molar-refractivity contribution in [1.82, 2.24) is 5.32 Å². The van der Waals surface area contributed by atoms with Crippen LogP contribution in [0.4, 0.5) is 0 Å². The smallest absolute Gasteiger partial charge is 0.280 e. The average molecular weight is 251 g/mol. The predicted octanol–water partition coefficient (Wildman–Crippen LogP) is 0.935. The van der Waals surface area contributed by atoms with Crippen LogP contribution in [0.5, 0.6) is 0 Å². The number of hydrogen-bond donors (Lipinski definition) is 1. The molecule has 0 spiro atoms. The summed E-state index contributed by atoms with van der Waals surface area (Å²) in [6.07, 6.45) is 1.59. The lowest BCUT2D eigenvalue weighted by molar-refractivity contribution is -0.118. The Balaban J connectivity index is 2.51. The van der Waals surface area contributed by atoms with Gasteiger partial charge in [0, 0.05) is 6.54 Å². The van der Waals surface area contributed by atoms with Crippen LogP contribution in [0.1, 0.15) is 6.92 Å². The summed E-state index contributed by atoms with van der Waals surface area (Å²) in [5.74, 6) is -0.378. The average Bonchev–Trinajstić information content (AvgIpc) is 2.30. The van der Waals surface area contributed by atoms with Crippen LogP contribution in [-0.4, -0.2) is 35.0 Å². The highest BCUT2D eigenvalue weighted by Gasteiger charge is 2.17. The van der Waals surface area contributed by atoms with E-state index >= 15 is 0 Å². The first-order valence-corrected chi connectivity index (χ1v) is 5.91. The molecule has 0 radical (unpaired) electrons. The highest BCUT2D eigenvalue weighted by atomic mass is 32.2. The Morgan fingerprint density at radius 1 is 1.53 bits per heavy atom. The van der Waals surface area contributed by atoms with Crippen LogP contribution in [-0.2, 0) is 9.59 Å². The molecule has 0 aliphatic carbocycles. The number of carbonyl (C=O) groups is 2. The van der Waals surface area contributed by atoms with E-state index in [0.717, 1.165) is 11.8 Å². The first kappa shape index (κ1) is 13.4. The van der Waals surface area contributed by atoms with Crippen molar-refractivity contribution >= 4 is 34.5 Å². The first-order chi connectivity index (χ1) is 8.04. The second-order valence-corrected chi connectivity index (χ2v) is 4.20. The number of carbonyl (C=O) groups excluding carboxylic acids is 2. The SMILES string of the molecule is C=CCNC(=O)CSC1=NC(=O)C(=C)C(C)=N1. The van der Waals surface area contributed by atoms with E-state index in [1.165, 1.54) is 0 Å². The molecule has 17 heavy (non-hydrogen) atoms. The first-order valence-electron chi connectivity index (χ1n) is 4.92. The molecule has 0 aromatic heterocycles. The lowest BCUT2D eigenvalue weighted by Gasteiger charge is -2.09. The third kappa shape index (κ3) is 3.99. The second kappa shape index (κ2) is 6.15. The van der Waals surface area contributed by atoms with Crippen LogP contribution >= 0.6 is 11.8 Å². The summed E-state index contributed by atoms with van der Waals surface area (Å²) in [4.78, 5) is 30.4. The molecular formula is C11H13N3O2S. The Kier molecular flexibility index (Phi) is 4.84. The van der Waals surface area contributed by atoms with E-state index in [9.17, 15) is 9.59 Å². The number of rotatable bonds is 4. The molecule has 0 unspecified atom stereocenters. The van der Waals surface area contributed by atoms with E-state index in [1.54, 1.807) is 13.0 Å². The fourth-order valence-electron chi connectivity index (χ4n) is 0.977. The Hall–Kier alpha value is -1.69. The zero-order valence-electron chi connectivity index (χ0n) is 9.52. The Bertz CT molecular complexity index is 438. The van der Waals surface area contributed by atoms with Gasteiger partial charge in [-0.05, 0) is 6.92 Å². The molecule has 2 amide bonds. The zero-order chi connectivity index (χ0) is 12.8. The van der Waals surface area contributed by atoms with Gasteiger partial charge in [0.05, 0.1) is 17.0 Å². The van der Waals surface area contributed by atoms with Gasteiger partial charge in [-0.1, -0.05) is 24.4 Å². The topological polar surface area (TPSA) is 70.9 Å². The minimum atomic E-state index is -0.397. The predicted molar refractivity (Wildman–Crippen MR) is 70.4 cm³/mol. The van der Waals surface area contributed by atoms with Crippen LogP contribution < -0.4 is 5.32 Å². The van der Waals surface area contributed by atoms with Gasteiger partial charge >= 0.3 is 0 Å². The standard InChI is InChI=1S/C11H13N3O2S/c1-4-5-12-9(15)6-17-11-13-8(3)7(2)10(16)14-11/h4H,1-2,5-6H2,3H3,(H,12,15). The second-order valence-electron chi connectivity index (χ2n) is 3.26. The van der Waals surface area contributed by atoms with Crippen molar-refractivity contribution in [3.05, 3.63) is 24.8 Å². The van der Waals surface area contributed by atoms with Gasteiger partial charge in [0.1, 0.15) is 0 Å². The van der Waals surface area contributed by atoms with Crippen LogP contribution in [0.25, 0.3) is 0 Å². The van der Waals surface area contributed by atoms with Crippen molar-refractivity contribution in [2.45, 2.75) is 6.92 Å². The van der Waals surface area contributed by atoms with Gasteiger partial charge in [0.15, 0.2) is 5.17 Å². The Morgan fingerprint density at radius 3 is 2.82 bits per heavy atom. The molecule has 5 nitrogen and oxygen atoms in total. The Morgan fingerprint density at radius 2 is 2.24 bits per heavy atom. The minimum Gasteiger partial charge on any atom is -0.352 e. The molecule has 1 N–H and O–H groups in total. The van der Waals surface area contributed by atoms with E-state index < -0.39 is 5.91 Å².